The van der Waals surface area contributed by atoms with Crippen molar-refractivity contribution in [2.75, 3.05) is 13.1 Å². The number of likely N-dealkylation sites (tertiary alicyclic amines) is 1. The van der Waals surface area contributed by atoms with E-state index in [4.69, 9.17) is 4.74 Å². The van der Waals surface area contributed by atoms with Crippen LogP contribution in [0.5, 0.6) is 0 Å². The molecule has 2 aromatic rings. The van der Waals surface area contributed by atoms with Gasteiger partial charge in [0.25, 0.3) is 0 Å². The molecular weight excluding hydrogens is 320 g/mol. The molecule has 0 atom stereocenters. The zero-order valence-corrected chi connectivity index (χ0v) is 15.8. The second-order valence-corrected chi connectivity index (χ2v) is 7.08. The van der Waals surface area contributed by atoms with Gasteiger partial charge in [0.1, 0.15) is 11.9 Å². The third-order valence-electron chi connectivity index (χ3n) is 4.73. The minimum atomic E-state index is 0.250. The fraction of sp³-hybridized carbons (Fsp3) is 0.348. The van der Waals surface area contributed by atoms with E-state index in [9.17, 15) is 0 Å². The van der Waals surface area contributed by atoms with Crippen LogP contribution in [-0.4, -0.2) is 29.1 Å². The van der Waals surface area contributed by atoms with Crippen molar-refractivity contribution in [1.29, 1.82) is 0 Å². The average molecular weight is 348 g/mol. The maximum absolute atomic E-state index is 6.43. The minimum Gasteiger partial charge on any atom is -0.490 e. The molecule has 0 saturated carbocycles. The Morgan fingerprint density at radius 1 is 1.19 bits per heavy atom. The van der Waals surface area contributed by atoms with Crippen LogP contribution in [0.1, 0.15) is 36.6 Å². The average Bonchev–Trinajstić information content (AvgIpc) is 2.64. The van der Waals surface area contributed by atoms with E-state index in [-0.39, 0.29) is 6.10 Å². The highest BCUT2D eigenvalue weighted by atomic mass is 16.5. The van der Waals surface area contributed by atoms with Gasteiger partial charge in [-0.25, -0.2) is 0 Å². The molecule has 136 valence electrons. The Morgan fingerprint density at radius 2 is 1.92 bits per heavy atom. The zero-order chi connectivity index (χ0) is 18.4. The quantitative estimate of drug-likeness (QED) is 0.543. The van der Waals surface area contributed by atoms with E-state index >= 15 is 0 Å². The van der Waals surface area contributed by atoms with E-state index in [1.54, 1.807) is 0 Å². The number of benzene rings is 1. The number of rotatable bonds is 6. The van der Waals surface area contributed by atoms with E-state index in [2.05, 4.69) is 65.9 Å². The topological polar surface area (TPSA) is 25.4 Å². The number of ether oxygens (including phenoxy) is 1. The number of allylic oxidation sites excluding steroid dienone is 2. The van der Waals surface area contributed by atoms with Gasteiger partial charge in [-0.15, -0.1) is 0 Å². The summed E-state index contributed by atoms with van der Waals surface area (Å²) < 4.78 is 6.43. The normalized spacial score (nSPS) is 16.5. The summed E-state index contributed by atoms with van der Waals surface area (Å²) >= 11 is 0. The summed E-state index contributed by atoms with van der Waals surface area (Å²) in [6.45, 7) is 11.2. The lowest BCUT2D eigenvalue weighted by atomic mass is 10.0. The second-order valence-electron chi connectivity index (χ2n) is 7.08. The first-order valence-electron chi connectivity index (χ1n) is 9.34. The molecule has 1 saturated heterocycles. The van der Waals surface area contributed by atoms with Crippen molar-refractivity contribution in [3.05, 3.63) is 83.7 Å². The molecule has 1 aromatic carbocycles. The number of aryl methyl sites for hydroxylation is 1. The zero-order valence-electron chi connectivity index (χ0n) is 15.8. The van der Waals surface area contributed by atoms with Gasteiger partial charge in [0, 0.05) is 31.4 Å². The van der Waals surface area contributed by atoms with Gasteiger partial charge in [-0.1, -0.05) is 42.5 Å². The van der Waals surface area contributed by atoms with Crippen LogP contribution in [0.25, 0.3) is 5.76 Å². The largest absolute Gasteiger partial charge is 0.490 e. The maximum atomic E-state index is 6.43. The molecule has 0 amide bonds. The Morgan fingerprint density at radius 3 is 2.58 bits per heavy atom. The molecule has 0 unspecified atom stereocenters. The Kier molecular flexibility index (Phi) is 6.24. The fourth-order valence-corrected chi connectivity index (χ4v) is 3.33. The highest BCUT2D eigenvalue weighted by molar-refractivity contribution is 5.65. The Hall–Kier alpha value is -2.39. The molecule has 3 nitrogen and oxygen atoms in total. The van der Waals surface area contributed by atoms with Crippen LogP contribution in [-0.2, 0) is 11.3 Å². The van der Waals surface area contributed by atoms with E-state index < -0.39 is 0 Å². The Bertz CT molecular complexity index is 759. The van der Waals surface area contributed by atoms with E-state index in [0.29, 0.717) is 0 Å². The highest BCUT2D eigenvalue weighted by Crippen LogP contribution is 2.26. The molecule has 0 spiro atoms. The van der Waals surface area contributed by atoms with Crippen molar-refractivity contribution in [3.63, 3.8) is 0 Å². The number of piperidine rings is 1. The molecule has 2 heterocycles. The van der Waals surface area contributed by atoms with Crippen molar-refractivity contribution in [2.45, 2.75) is 39.3 Å². The standard InChI is InChI=1S/C23H28N2O/c1-18(2)16-23(22-10-5-4-8-19(22)3)26-21-11-14-25(15-12-21)17-20-9-6-7-13-24-20/h4-10,13,16,21H,1,11-12,14-15,17H2,2-3H3/b23-16+. The first-order valence-corrected chi connectivity index (χ1v) is 9.34. The summed E-state index contributed by atoms with van der Waals surface area (Å²) in [6.07, 6.45) is 6.24. The lowest BCUT2D eigenvalue weighted by molar-refractivity contribution is 0.0765. The summed E-state index contributed by atoms with van der Waals surface area (Å²) in [6, 6.07) is 14.5. The predicted octanol–water partition coefficient (Wildman–Crippen LogP) is 4.99. The molecule has 0 bridgehead atoms. The highest BCUT2D eigenvalue weighted by Gasteiger charge is 2.22. The first kappa shape index (κ1) is 18.4. The third kappa shape index (κ3) is 5.06. The van der Waals surface area contributed by atoms with Crippen molar-refractivity contribution in [2.24, 2.45) is 0 Å². The lowest BCUT2D eigenvalue weighted by Crippen LogP contribution is -2.36. The SMILES string of the molecule is C=C(C)/C=C(/OC1CCN(Cc2ccccn2)CC1)c1ccccc1C. The predicted molar refractivity (Wildman–Crippen MR) is 108 cm³/mol. The van der Waals surface area contributed by atoms with Gasteiger partial charge in [0.15, 0.2) is 0 Å². The third-order valence-corrected chi connectivity index (χ3v) is 4.73. The van der Waals surface area contributed by atoms with Crippen LogP contribution >= 0.6 is 0 Å². The van der Waals surface area contributed by atoms with Crippen LogP contribution in [0.15, 0.2) is 66.9 Å². The number of hydrogen-bond donors (Lipinski definition) is 0. The molecular formula is C23H28N2O. The summed E-state index contributed by atoms with van der Waals surface area (Å²) in [4.78, 5) is 6.89. The van der Waals surface area contributed by atoms with Gasteiger partial charge >= 0.3 is 0 Å². The van der Waals surface area contributed by atoms with Crippen molar-refractivity contribution in [1.82, 2.24) is 9.88 Å². The monoisotopic (exact) mass is 348 g/mol. The smallest absolute Gasteiger partial charge is 0.127 e. The summed E-state index contributed by atoms with van der Waals surface area (Å²) in [5.74, 6) is 0.943. The lowest BCUT2D eigenvalue weighted by Gasteiger charge is -2.32. The van der Waals surface area contributed by atoms with Crippen LogP contribution in [0.2, 0.25) is 0 Å². The van der Waals surface area contributed by atoms with Crippen molar-refractivity contribution < 1.29 is 4.74 Å². The number of hydrogen-bond acceptors (Lipinski definition) is 3. The Balaban J connectivity index is 1.61. The number of pyridine rings is 1. The number of aromatic nitrogens is 1. The number of nitrogens with zero attached hydrogens (tertiary/aromatic N) is 2. The second kappa shape index (κ2) is 8.81. The van der Waals surface area contributed by atoms with Gasteiger partial charge in [-0.3, -0.25) is 9.88 Å². The van der Waals surface area contributed by atoms with Crippen LogP contribution in [0.3, 0.4) is 0 Å². The van der Waals surface area contributed by atoms with Gasteiger partial charge in [-0.2, -0.15) is 0 Å². The molecule has 1 aliphatic heterocycles. The molecule has 26 heavy (non-hydrogen) atoms. The minimum absolute atomic E-state index is 0.250. The summed E-state index contributed by atoms with van der Waals surface area (Å²) in [5.41, 5.74) is 4.53. The van der Waals surface area contributed by atoms with Crippen LogP contribution in [0.4, 0.5) is 0 Å². The fourth-order valence-electron chi connectivity index (χ4n) is 3.33. The molecule has 0 N–H and O–H groups in total. The Labute approximate surface area is 157 Å². The molecule has 0 radical (unpaired) electrons. The van der Waals surface area contributed by atoms with Crippen molar-refractivity contribution >= 4 is 5.76 Å². The molecule has 0 aliphatic carbocycles. The summed E-state index contributed by atoms with van der Waals surface area (Å²) in [5, 5.41) is 0. The summed E-state index contributed by atoms with van der Waals surface area (Å²) in [7, 11) is 0. The van der Waals surface area contributed by atoms with E-state index in [1.165, 1.54) is 5.56 Å². The first-order chi connectivity index (χ1) is 12.6. The van der Waals surface area contributed by atoms with E-state index in [0.717, 1.165) is 55.1 Å². The maximum Gasteiger partial charge on any atom is 0.127 e. The van der Waals surface area contributed by atoms with Crippen molar-refractivity contribution in [3.8, 4) is 0 Å². The van der Waals surface area contributed by atoms with Gasteiger partial charge in [-0.05, 0) is 50.5 Å². The van der Waals surface area contributed by atoms with Crippen LogP contribution in [0, 0.1) is 6.92 Å². The van der Waals surface area contributed by atoms with Gasteiger partial charge < -0.3 is 4.74 Å². The van der Waals surface area contributed by atoms with Gasteiger partial charge in [0.05, 0.1) is 5.69 Å². The van der Waals surface area contributed by atoms with Gasteiger partial charge in [0.2, 0.25) is 0 Å². The van der Waals surface area contributed by atoms with E-state index in [1.807, 2.05) is 19.2 Å². The molecule has 1 fully saturated rings. The molecule has 1 aromatic heterocycles. The molecule has 3 rings (SSSR count). The molecule has 3 heteroatoms. The molecule has 1 aliphatic rings. The van der Waals surface area contributed by atoms with Crippen LogP contribution < -0.4 is 0 Å².